The second-order valence-electron chi connectivity index (χ2n) is 6.71. The molecule has 2 fully saturated rings. The molecule has 2 aliphatic heterocycles. The van der Waals surface area contributed by atoms with Crippen LogP contribution in [0.4, 0.5) is 13.2 Å². The Kier molecular flexibility index (Phi) is 5.02. The summed E-state index contributed by atoms with van der Waals surface area (Å²) in [5, 5.41) is 19.7. The molecular formula is C15H17F3N2O6. The summed E-state index contributed by atoms with van der Waals surface area (Å²) < 4.78 is 31.7. The molecule has 8 nitrogen and oxygen atoms in total. The minimum Gasteiger partial charge on any atom is -0.477 e. The summed E-state index contributed by atoms with van der Waals surface area (Å²) in [5.74, 6) is -4.05. The van der Waals surface area contributed by atoms with Crippen LogP contribution in [0.1, 0.15) is 19.8 Å². The second-order valence-corrected chi connectivity index (χ2v) is 6.71. The van der Waals surface area contributed by atoms with Gasteiger partial charge >= 0.3 is 18.1 Å². The predicted molar refractivity (Wildman–Crippen MR) is 80.2 cm³/mol. The Balaban J connectivity index is 0.000000298. The molecule has 0 aromatic carbocycles. The Bertz CT molecular complexity index is 679. The molecule has 1 aliphatic carbocycles. The summed E-state index contributed by atoms with van der Waals surface area (Å²) in [4.78, 5) is 39.2. The average Bonchev–Trinajstić information content (AvgIpc) is 3.03. The lowest BCUT2D eigenvalue weighted by molar-refractivity contribution is -0.192. The molecule has 26 heavy (non-hydrogen) atoms. The molecule has 0 aromatic rings. The number of rotatable bonds is 2. The Hall–Kier alpha value is -2.59. The molecule has 3 aliphatic rings. The molecule has 0 bridgehead atoms. The maximum absolute atomic E-state index is 12.4. The van der Waals surface area contributed by atoms with Crippen LogP contribution in [0, 0.1) is 11.3 Å². The van der Waals surface area contributed by atoms with Crippen molar-refractivity contribution in [1.29, 1.82) is 0 Å². The highest BCUT2D eigenvalue weighted by Crippen LogP contribution is 2.46. The summed E-state index contributed by atoms with van der Waals surface area (Å²) in [6.45, 7) is 6.61. The average molecular weight is 378 g/mol. The summed E-state index contributed by atoms with van der Waals surface area (Å²) in [6, 6.07) is 0. The predicted octanol–water partition coefficient (Wildman–Crippen LogP) is 1.27. The van der Waals surface area contributed by atoms with Crippen molar-refractivity contribution in [2.24, 2.45) is 16.5 Å². The van der Waals surface area contributed by atoms with Crippen LogP contribution in [-0.2, 0) is 19.2 Å². The number of hydrogen-bond acceptors (Lipinski definition) is 5. The largest absolute Gasteiger partial charge is 0.490 e. The number of carboxylic acids is 2. The number of hydrogen-bond donors (Lipinski definition) is 2. The highest BCUT2D eigenvalue weighted by molar-refractivity contribution is 6.37. The summed E-state index contributed by atoms with van der Waals surface area (Å²) in [6.07, 6.45) is -3.95. The molecule has 0 aromatic heterocycles. The van der Waals surface area contributed by atoms with Crippen molar-refractivity contribution in [3.8, 4) is 0 Å². The smallest absolute Gasteiger partial charge is 0.477 e. The van der Waals surface area contributed by atoms with E-state index in [-0.39, 0.29) is 29.1 Å². The van der Waals surface area contributed by atoms with Gasteiger partial charge in [-0.2, -0.15) is 13.2 Å². The quantitative estimate of drug-likeness (QED) is 0.699. The van der Waals surface area contributed by atoms with E-state index in [0.717, 1.165) is 18.4 Å². The maximum Gasteiger partial charge on any atom is 0.490 e. The van der Waals surface area contributed by atoms with Gasteiger partial charge in [0.1, 0.15) is 0 Å². The van der Waals surface area contributed by atoms with E-state index in [1.807, 2.05) is 6.92 Å². The SMILES string of the molecule is C=C1CC(C)(C(=O)N2C[C@@H]3ON=C(C(=O)O)[C@@H]3C2)C1.O=C(O)C(F)(F)F. The molecule has 11 heteroatoms. The molecular weight excluding hydrogens is 361 g/mol. The number of halogens is 3. The molecule has 2 heterocycles. The first kappa shape index (κ1) is 19.7. The van der Waals surface area contributed by atoms with E-state index in [4.69, 9.17) is 19.8 Å². The van der Waals surface area contributed by atoms with Gasteiger partial charge in [0.15, 0.2) is 11.8 Å². The Labute approximate surface area is 145 Å². The van der Waals surface area contributed by atoms with Crippen LogP contribution < -0.4 is 0 Å². The van der Waals surface area contributed by atoms with Gasteiger partial charge in [0.05, 0.1) is 17.9 Å². The first-order valence-electron chi connectivity index (χ1n) is 7.58. The summed E-state index contributed by atoms with van der Waals surface area (Å²) >= 11 is 0. The Morgan fingerprint density at radius 3 is 2.23 bits per heavy atom. The van der Waals surface area contributed by atoms with Crippen LogP contribution in [0.3, 0.4) is 0 Å². The van der Waals surface area contributed by atoms with Gasteiger partial charge in [-0.3, -0.25) is 4.79 Å². The van der Waals surface area contributed by atoms with Gasteiger partial charge in [0.2, 0.25) is 5.91 Å². The van der Waals surface area contributed by atoms with Gasteiger partial charge in [-0.25, -0.2) is 9.59 Å². The molecule has 3 rings (SSSR count). The topological polar surface area (TPSA) is 117 Å². The summed E-state index contributed by atoms with van der Waals surface area (Å²) in [5.41, 5.74) is 0.763. The molecule has 2 N–H and O–H groups in total. The van der Waals surface area contributed by atoms with Crippen LogP contribution >= 0.6 is 0 Å². The highest BCUT2D eigenvalue weighted by Gasteiger charge is 2.51. The van der Waals surface area contributed by atoms with E-state index in [1.54, 1.807) is 4.90 Å². The zero-order valence-electron chi connectivity index (χ0n) is 13.7. The van der Waals surface area contributed by atoms with Gasteiger partial charge in [0, 0.05) is 6.54 Å². The van der Waals surface area contributed by atoms with Crippen molar-refractivity contribution in [2.75, 3.05) is 13.1 Å². The van der Waals surface area contributed by atoms with Crippen molar-refractivity contribution in [1.82, 2.24) is 4.90 Å². The minimum absolute atomic E-state index is 0.0310. The molecule has 0 spiro atoms. The van der Waals surface area contributed by atoms with Crippen LogP contribution in [0.15, 0.2) is 17.3 Å². The normalized spacial score (nSPS) is 25.9. The van der Waals surface area contributed by atoms with E-state index < -0.39 is 18.1 Å². The minimum atomic E-state index is -5.08. The van der Waals surface area contributed by atoms with Gasteiger partial charge < -0.3 is 20.0 Å². The molecule has 0 radical (unpaired) electrons. The van der Waals surface area contributed by atoms with Crippen molar-refractivity contribution < 1.29 is 42.6 Å². The van der Waals surface area contributed by atoms with Crippen LogP contribution in [0.5, 0.6) is 0 Å². The number of oxime groups is 1. The van der Waals surface area contributed by atoms with Crippen molar-refractivity contribution >= 4 is 23.6 Å². The van der Waals surface area contributed by atoms with Gasteiger partial charge in [-0.05, 0) is 12.8 Å². The Morgan fingerprint density at radius 1 is 1.27 bits per heavy atom. The van der Waals surface area contributed by atoms with Crippen LogP contribution in [0.25, 0.3) is 0 Å². The van der Waals surface area contributed by atoms with E-state index >= 15 is 0 Å². The lowest BCUT2D eigenvalue weighted by atomic mass is 9.66. The van der Waals surface area contributed by atoms with Crippen LogP contribution in [0.2, 0.25) is 0 Å². The fourth-order valence-electron chi connectivity index (χ4n) is 3.28. The monoisotopic (exact) mass is 378 g/mol. The van der Waals surface area contributed by atoms with Crippen molar-refractivity contribution in [3.63, 3.8) is 0 Å². The number of aliphatic carboxylic acids is 2. The molecule has 144 valence electrons. The lowest BCUT2D eigenvalue weighted by Gasteiger charge is -2.41. The van der Waals surface area contributed by atoms with E-state index in [1.165, 1.54) is 0 Å². The lowest BCUT2D eigenvalue weighted by Crippen LogP contribution is -2.46. The second kappa shape index (κ2) is 6.61. The van der Waals surface area contributed by atoms with E-state index in [0.29, 0.717) is 13.1 Å². The van der Waals surface area contributed by atoms with Crippen LogP contribution in [-0.4, -0.2) is 64.0 Å². The summed E-state index contributed by atoms with van der Waals surface area (Å²) in [7, 11) is 0. The zero-order valence-corrected chi connectivity index (χ0v) is 13.7. The number of carbonyl (C=O) groups is 3. The fraction of sp³-hybridized carbons (Fsp3) is 0.600. The van der Waals surface area contributed by atoms with Crippen molar-refractivity contribution in [2.45, 2.75) is 32.0 Å². The Morgan fingerprint density at radius 2 is 1.81 bits per heavy atom. The molecule has 1 saturated heterocycles. The number of carboxylic acid groups (broad SMARTS) is 2. The van der Waals surface area contributed by atoms with E-state index in [9.17, 15) is 22.8 Å². The number of carbonyl (C=O) groups excluding carboxylic acids is 1. The number of likely N-dealkylation sites (tertiary alicyclic amines) is 1. The molecule has 1 amide bonds. The third kappa shape index (κ3) is 3.81. The highest BCUT2D eigenvalue weighted by atomic mass is 19.4. The third-order valence-corrected chi connectivity index (χ3v) is 4.45. The van der Waals surface area contributed by atoms with Gasteiger partial charge in [-0.15, -0.1) is 0 Å². The molecule has 0 unspecified atom stereocenters. The van der Waals surface area contributed by atoms with E-state index in [2.05, 4.69) is 11.7 Å². The first-order valence-corrected chi connectivity index (χ1v) is 7.58. The number of fused-ring (bicyclic) bond motifs is 1. The molecule has 2 atom stereocenters. The zero-order chi connectivity index (χ0) is 19.9. The standard InChI is InChI=1S/C13H16N2O4.C2HF3O2/c1-7-3-13(2,4-7)12(18)15-5-8-9(6-15)19-14-10(8)11(16)17;3-2(4,5)1(6)7/h8-9H,1,3-6H2,2H3,(H,16,17);(H,6,7)/t8-,9+;/m1./s1. The third-order valence-electron chi connectivity index (χ3n) is 4.45. The first-order chi connectivity index (χ1) is 11.8. The number of alkyl halides is 3. The fourth-order valence-corrected chi connectivity index (χ4v) is 3.28. The molecule has 1 saturated carbocycles. The number of allylic oxidation sites excluding steroid dienone is 1. The number of nitrogens with zero attached hydrogens (tertiary/aromatic N) is 2. The van der Waals surface area contributed by atoms with Gasteiger partial charge in [-0.1, -0.05) is 24.2 Å². The maximum atomic E-state index is 12.4. The van der Waals surface area contributed by atoms with Crippen molar-refractivity contribution in [3.05, 3.63) is 12.2 Å². The number of amides is 1. The van der Waals surface area contributed by atoms with Gasteiger partial charge in [0.25, 0.3) is 0 Å².